The molecule has 2 unspecified atom stereocenters. The SMILES string of the molecule is CCSCCC(C)NC(C)c1ccc(Br)s1. The normalized spacial score (nSPS) is 15.0. The van der Waals surface area contributed by atoms with Crippen molar-refractivity contribution in [1.29, 1.82) is 0 Å². The van der Waals surface area contributed by atoms with Crippen LogP contribution in [0.25, 0.3) is 0 Å². The Bertz CT molecular complexity index is 301. The average Bonchev–Trinajstić information content (AvgIpc) is 2.65. The Labute approximate surface area is 116 Å². The van der Waals surface area contributed by atoms with Gasteiger partial charge in [0.05, 0.1) is 3.79 Å². The number of hydrogen-bond donors (Lipinski definition) is 1. The second-order valence-electron chi connectivity index (χ2n) is 3.92. The quantitative estimate of drug-likeness (QED) is 0.731. The molecule has 0 saturated heterocycles. The van der Waals surface area contributed by atoms with Gasteiger partial charge in [0.1, 0.15) is 0 Å². The van der Waals surface area contributed by atoms with Crippen molar-refractivity contribution in [3.63, 3.8) is 0 Å². The molecule has 1 heterocycles. The van der Waals surface area contributed by atoms with E-state index in [1.807, 2.05) is 23.1 Å². The van der Waals surface area contributed by atoms with Crippen molar-refractivity contribution in [2.45, 2.75) is 39.3 Å². The van der Waals surface area contributed by atoms with Crippen LogP contribution in [0.3, 0.4) is 0 Å². The van der Waals surface area contributed by atoms with Crippen molar-refractivity contribution in [2.24, 2.45) is 0 Å². The van der Waals surface area contributed by atoms with Gasteiger partial charge in [-0.25, -0.2) is 0 Å². The highest BCUT2D eigenvalue weighted by Crippen LogP contribution is 2.27. The Kier molecular flexibility index (Phi) is 7.04. The summed E-state index contributed by atoms with van der Waals surface area (Å²) < 4.78 is 1.21. The third-order valence-electron chi connectivity index (χ3n) is 2.45. The molecule has 0 radical (unpaired) electrons. The summed E-state index contributed by atoms with van der Waals surface area (Å²) in [6.45, 7) is 6.73. The molecule has 0 fully saturated rings. The van der Waals surface area contributed by atoms with Crippen LogP contribution in [-0.2, 0) is 0 Å². The van der Waals surface area contributed by atoms with Gasteiger partial charge in [-0.2, -0.15) is 11.8 Å². The summed E-state index contributed by atoms with van der Waals surface area (Å²) in [5.41, 5.74) is 0. The first-order valence-electron chi connectivity index (χ1n) is 5.72. The Balaban J connectivity index is 2.30. The fraction of sp³-hybridized carbons (Fsp3) is 0.667. The highest BCUT2D eigenvalue weighted by Gasteiger charge is 2.10. The van der Waals surface area contributed by atoms with E-state index in [-0.39, 0.29) is 0 Å². The largest absolute Gasteiger partial charge is 0.307 e. The zero-order valence-electron chi connectivity index (χ0n) is 10.1. The molecule has 0 aliphatic heterocycles. The monoisotopic (exact) mass is 321 g/mol. The lowest BCUT2D eigenvalue weighted by Crippen LogP contribution is -2.28. The molecule has 16 heavy (non-hydrogen) atoms. The Morgan fingerprint density at radius 3 is 2.75 bits per heavy atom. The van der Waals surface area contributed by atoms with E-state index in [9.17, 15) is 0 Å². The third-order valence-corrected chi connectivity index (χ3v) is 5.19. The summed E-state index contributed by atoms with van der Waals surface area (Å²) in [4.78, 5) is 1.40. The Morgan fingerprint density at radius 2 is 2.19 bits per heavy atom. The van der Waals surface area contributed by atoms with Crippen molar-refractivity contribution in [2.75, 3.05) is 11.5 Å². The maximum atomic E-state index is 3.64. The van der Waals surface area contributed by atoms with Crippen molar-refractivity contribution < 1.29 is 0 Å². The molecule has 92 valence electrons. The molecule has 0 spiro atoms. The molecule has 0 aromatic carbocycles. The molecule has 0 amide bonds. The highest BCUT2D eigenvalue weighted by atomic mass is 79.9. The van der Waals surface area contributed by atoms with Gasteiger partial charge < -0.3 is 5.32 Å². The smallest absolute Gasteiger partial charge is 0.0701 e. The third kappa shape index (κ3) is 5.21. The Hall–Kier alpha value is 0.490. The number of nitrogens with one attached hydrogen (secondary N) is 1. The van der Waals surface area contributed by atoms with Crippen molar-refractivity contribution in [3.05, 3.63) is 20.8 Å². The lowest BCUT2D eigenvalue weighted by molar-refractivity contribution is 0.476. The van der Waals surface area contributed by atoms with Crippen LogP contribution in [0.4, 0.5) is 0 Å². The van der Waals surface area contributed by atoms with Crippen LogP contribution in [0.2, 0.25) is 0 Å². The van der Waals surface area contributed by atoms with Gasteiger partial charge >= 0.3 is 0 Å². The van der Waals surface area contributed by atoms with E-state index in [1.54, 1.807) is 0 Å². The van der Waals surface area contributed by atoms with Gasteiger partial charge in [0.2, 0.25) is 0 Å². The molecule has 0 aliphatic rings. The number of thiophene rings is 1. The van der Waals surface area contributed by atoms with E-state index in [0.29, 0.717) is 12.1 Å². The van der Waals surface area contributed by atoms with E-state index in [2.05, 4.69) is 54.2 Å². The molecular weight excluding hydrogens is 302 g/mol. The number of hydrogen-bond acceptors (Lipinski definition) is 3. The minimum atomic E-state index is 0.456. The van der Waals surface area contributed by atoms with E-state index in [4.69, 9.17) is 0 Å². The van der Waals surface area contributed by atoms with Crippen LogP contribution in [0, 0.1) is 0 Å². The van der Waals surface area contributed by atoms with Gasteiger partial charge in [-0.3, -0.25) is 0 Å². The van der Waals surface area contributed by atoms with Crippen LogP contribution in [-0.4, -0.2) is 17.5 Å². The first-order chi connectivity index (χ1) is 7.63. The first kappa shape index (κ1) is 14.6. The first-order valence-corrected chi connectivity index (χ1v) is 8.49. The minimum absolute atomic E-state index is 0.456. The minimum Gasteiger partial charge on any atom is -0.307 e. The Morgan fingerprint density at radius 1 is 1.44 bits per heavy atom. The summed E-state index contributed by atoms with van der Waals surface area (Å²) in [5.74, 6) is 2.48. The second-order valence-corrected chi connectivity index (χ2v) is 7.81. The topological polar surface area (TPSA) is 12.0 Å². The van der Waals surface area contributed by atoms with Crippen molar-refractivity contribution in [3.8, 4) is 0 Å². The van der Waals surface area contributed by atoms with Gasteiger partial charge in [-0.15, -0.1) is 11.3 Å². The molecule has 1 aromatic rings. The van der Waals surface area contributed by atoms with E-state index < -0.39 is 0 Å². The molecule has 0 aliphatic carbocycles. The molecule has 1 rings (SSSR count). The summed E-state index contributed by atoms with van der Waals surface area (Å²) in [6, 6.07) is 5.36. The molecule has 1 N–H and O–H groups in total. The predicted molar refractivity (Wildman–Crippen MR) is 80.6 cm³/mol. The van der Waals surface area contributed by atoms with Crippen LogP contribution >= 0.6 is 39.0 Å². The van der Waals surface area contributed by atoms with E-state index in [0.717, 1.165) is 0 Å². The maximum Gasteiger partial charge on any atom is 0.0701 e. The fourth-order valence-electron chi connectivity index (χ4n) is 1.56. The molecule has 4 heteroatoms. The fourth-order valence-corrected chi connectivity index (χ4v) is 3.80. The zero-order valence-corrected chi connectivity index (χ0v) is 13.3. The summed E-state index contributed by atoms with van der Waals surface area (Å²) in [5, 5.41) is 3.64. The number of halogens is 1. The summed E-state index contributed by atoms with van der Waals surface area (Å²) >= 11 is 7.34. The second kappa shape index (κ2) is 7.75. The predicted octanol–water partition coefficient (Wildman–Crippen LogP) is 4.69. The van der Waals surface area contributed by atoms with Gasteiger partial charge in [-0.05, 0) is 59.8 Å². The standard InChI is InChI=1S/C12H20BrNS2/c1-4-15-8-7-9(2)14-10(3)11-5-6-12(13)16-11/h5-6,9-10,14H,4,7-8H2,1-3H3. The summed E-state index contributed by atoms with van der Waals surface area (Å²) in [6.07, 6.45) is 1.25. The molecule has 0 saturated carbocycles. The lowest BCUT2D eigenvalue weighted by atomic mass is 10.2. The number of thioether (sulfide) groups is 1. The molecule has 1 aromatic heterocycles. The van der Waals surface area contributed by atoms with Crippen LogP contribution in [0.5, 0.6) is 0 Å². The maximum absolute atomic E-state index is 3.64. The lowest BCUT2D eigenvalue weighted by Gasteiger charge is -2.18. The molecular formula is C12H20BrNS2. The number of rotatable bonds is 7. The molecule has 1 nitrogen and oxygen atoms in total. The average molecular weight is 322 g/mol. The zero-order chi connectivity index (χ0) is 12.0. The van der Waals surface area contributed by atoms with Crippen molar-refractivity contribution in [1.82, 2.24) is 5.32 Å². The van der Waals surface area contributed by atoms with Gasteiger partial charge in [0, 0.05) is 17.0 Å². The van der Waals surface area contributed by atoms with Gasteiger partial charge in [-0.1, -0.05) is 6.92 Å². The molecule has 0 bridgehead atoms. The highest BCUT2D eigenvalue weighted by molar-refractivity contribution is 9.11. The van der Waals surface area contributed by atoms with Gasteiger partial charge in [0.15, 0.2) is 0 Å². The van der Waals surface area contributed by atoms with Gasteiger partial charge in [0.25, 0.3) is 0 Å². The van der Waals surface area contributed by atoms with Crippen LogP contribution in [0.15, 0.2) is 15.9 Å². The van der Waals surface area contributed by atoms with Crippen LogP contribution < -0.4 is 5.32 Å². The van der Waals surface area contributed by atoms with Crippen molar-refractivity contribution >= 4 is 39.0 Å². The van der Waals surface area contributed by atoms with Crippen LogP contribution in [0.1, 0.15) is 38.1 Å². The van der Waals surface area contributed by atoms with E-state index >= 15 is 0 Å². The van der Waals surface area contributed by atoms with E-state index in [1.165, 1.54) is 26.6 Å². The summed E-state index contributed by atoms with van der Waals surface area (Å²) in [7, 11) is 0. The molecule has 2 atom stereocenters.